The van der Waals surface area contributed by atoms with Crippen molar-refractivity contribution in [1.82, 2.24) is 4.98 Å². The first-order valence-corrected chi connectivity index (χ1v) is 4.23. The highest BCUT2D eigenvalue weighted by Gasteiger charge is 1.98. The molecular formula is C11H9NO2. The van der Waals surface area contributed by atoms with Crippen LogP contribution in [0.15, 0.2) is 30.3 Å². The average molecular weight is 187 g/mol. The second-order valence-electron chi connectivity index (χ2n) is 2.91. The zero-order valence-electron chi connectivity index (χ0n) is 7.73. The van der Waals surface area contributed by atoms with Gasteiger partial charge in [-0.2, -0.15) is 0 Å². The lowest BCUT2D eigenvalue weighted by Crippen LogP contribution is -1.88. The molecule has 0 unspecified atom stereocenters. The zero-order chi connectivity index (χ0) is 9.97. The maximum atomic E-state index is 10.5. The van der Waals surface area contributed by atoms with Crippen LogP contribution in [0.2, 0.25) is 0 Å². The summed E-state index contributed by atoms with van der Waals surface area (Å²) >= 11 is 0. The normalized spacial score (nSPS) is 10.1. The molecule has 2 aromatic rings. The number of nitrogens with zero attached hydrogens (tertiary/aromatic N) is 1. The van der Waals surface area contributed by atoms with Crippen molar-refractivity contribution in [2.45, 2.75) is 0 Å². The van der Waals surface area contributed by atoms with Crippen LogP contribution in [0.1, 0.15) is 10.5 Å². The van der Waals surface area contributed by atoms with Crippen molar-refractivity contribution in [3.05, 3.63) is 36.0 Å². The van der Waals surface area contributed by atoms with Gasteiger partial charge in [0.2, 0.25) is 0 Å². The van der Waals surface area contributed by atoms with Gasteiger partial charge >= 0.3 is 0 Å². The number of hydrogen-bond acceptors (Lipinski definition) is 3. The summed E-state index contributed by atoms with van der Waals surface area (Å²) in [6.45, 7) is 0. The molecule has 0 aliphatic rings. The molecule has 0 atom stereocenters. The molecular weight excluding hydrogens is 178 g/mol. The summed E-state index contributed by atoms with van der Waals surface area (Å²) in [6, 6.07) is 9.15. The number of hydrogen-bond donors (Lipinski definition) is 0. The van der Waals surface area contributed by atoms with Crippen molar-refractivity contribution in [2.24, 2.45) is 0 Å². The minimum absolute atomic E-state index is 0.436. The van der Waals surface area contributed by atoms with Crippen LogP contribution in [0.3, 0.4) is 0 Å². The maximum absolute atomic E-state index is 10.5. The Kier molecular flexibility index (Phi) is 2.14. The van der Waals surface area contributed by atoms with Gasteiger partial charge in [-0.1, -0.05) is 6.07 Å². The van der Waals surface area contributed by atoms with Crippen LogP contribution in [0.5, 0.6) is 5.75 Å². The monoisotopic (exact) mass is 187 g/mol. The number of fused-ring (bicyclic) bond motifs is 1. The van der Waals surface area contributed by atoms with Gasteiger partial charge in [0.05, 0.1) is 12.6 Å². The summed E-state index contributed by atoms with van der Waals surface area (Å²) in [7, 11) is 1.60. The zero-order valence-corrected chi connectivity index (χ0v) is 7.73. The highest BCUT2D eigenvalue weighted by atomic mass is 16.5. The third kappa shape index (κ3) is 1.44. The second kappa shape index (κ2) is 3.46. The Balaban J connectivity index is 2.65. The van der Waals surface area contributed by atoms with Gasteiger partial charge in [0.15, 0.2) is 6.29 Å². The van der Waals surface area contributed by atoms with E-state index in [1.165, 1.54) is 0 Å². The van der Waals surface area contributed by atoms with Crippen LogP contribution in [-0.2, 0) is 0 Å². The molecule has 2 rings (SSSR count). The van der Waals surface area contributed by atoms with E-state index in [-0.39, 0.29) is 0 Å². The van der Waals surface area contributed by atoms with Crippen LogP contribution in [0, 0.1) is 0 Å². The number of carbonyl (C=O) groups excluding carboxylic acids is 1. The maximum Gasteiger partial charge on any atom is 0.168 e. The fraction of sp³-hybridized carbons (Fsp3) is 0.0909. The van der Waals surface area contributed by atoms with E-state index in [1.807, 2.05) is 24.3 Å². The van der Waals surface area contributed by atoms with Gasteiger partial charge in [0.25, 0.3) is 0 Å². The summed E-state index contributed by atoms with van der Waals surface area (Å²) in [4.78, 5) is 14.7. The highest BCUT2D eigenvalue weighted by molar-refractivity contribution is 5.84. The number of rotatable bonds is 2. The standard InChI is InChI=1S/C11H9NO2/c1-14-10-5-3-8-2-4-9(7-13)12-11(8)6-10/h2-7H,1H3. The van der Waals surface area contributed by atoms with E-state index in [1.54, 1.807) is 13.2 Å². The number of methoxy groups -OCH3 is 1. The van der Waals surface area contributed by atoms with Crippen LogP contribution >= 0.6 is 0 Å². The minimum atomic E-state index is 0.436. The van der Waals surface area contributed by atoms with Gasteiger partial charge in [0, 0.05) is 11.5 Å². The van der Waals surface area contributed by atoms with Gasteiger partial charge in [-0.15, -0.1) is 0 Å². The Hall–Kier alpha value is -1.90. The lowest BCUT2D eigenvalue weighted by molar-refractivity contribution is 0.111. The van der Waals surface area contributed by atoms with Crippen LogP contribution in [0.4, 0.5) is 0 Å². The molecule has 1 heterocycles. The van der Waals surface area contributed by atoms with E-state index in [2.05, 4.69) is 4.98 Å². The van der Waals surface area contributed by atoms with E-state index < -0.39 is 0 Å². The molecule has 0 aliphatic heterocycles. The summed E-state index contributed by atoms with van der Waals surface area (Å²) in [5.41, 5.74) is 1.21. The fourth-order valence-corrected chi connectivity index (χ4v) is 1.31. The molecule has 0 aliphatic carbocycles. The Labute approximate surface area is 81.3 Å². The number of benzene rings is 1. The van der Waals surface area contributed by atoms with Crippen LogP contribution < -0.4 is 4.74 Å². The van der Waals surface area contributed by atoms with Gasteiger partial charge in [-0.25, -0.2) is 4.98 Å². The average Bonchev–Trinajstić information content (AvgIpc) is 2.27. The van der Waals surface area contributed by atoms with E-state index in [9.17, 15) is 4.79 Å². The molecule has 3 nitrogen and oxygen atoms in total. The number of pyridine rings is 1. The van der Waals surface area contributed by atoms with Crippen LogP contribution in [-0.4, -0.2) is 18.4 Å². The predicted molar refractivity (Wildman–Crippen MR) is 53.7 cm³/mol. The van der Waals surface area contributed by atoms with Crippen molar-refractivity contribution < 1.29 is 9.53 Å². The number of carbonyl (C=O) groups is 1. The molecule has 0 saturated carbocycles. The third-order valence-corrected chi connectivity index (χ3v) is 2.04. The topological polar surface area (TPSA) is 39.2 Å². The summed E-state index contributed by atoms with van der Waals surface area (Å²) in [6.07, 6.45) is 0.735. The molecule has 0 spiro atoms. The lowest BCUT2D eigenvalue weighted by Gasteiger charge is -2.01. The van der Waals surface area contributed by atoms with Crippen molar-refractivity contribution in [3.8, 4) is 5.75 Å². The third-order valence-electron chi connectivity index (χ3n) is 2.04. The largest absolute Gasteiger partial charge is 0.497 e. The number of ether oxygens (including phenoxy) is 1. The molecule has 0 saturated heterocycles. The lowest BCUT2D eigenvalue weighted by atomic mass is 10.2. The highest BCUT2D eigenvalue weighted by Crippen LogP contribution is 2.18. The molecule has 0 radical (unpaired) electrons. The van der Waals surface area contributed by atoms with E-state index in [4.69, 9.17) is 4.74 Å². The molecule has 70 valence electrons. The Morgan fingerprint density at radius 2 is 2.07 bits per heavy atom. The molecule has 0 bridgehead atoms. The Morgan fingerprint density at radius 3 is 2.79 bits per heavy atom. The summed E-state index contributed by atoms with van der Waals surface area (Å²) in [5.74, 6) is 0.744. The molecule has 14 heavy (non-hydrogen) atoms. The molecule has 1 aromatic heterocycles. The first-order valence-electron chi connectivity index (χ1n) is 4.23. The molecule has 3 heteroatoms. The van der Waals surface area contributed by atoms with E-state index in [0.29, 0.717) is 5.69 Å². The smallest absolute Gasteiger partial charge is 0.168 e. The van der Waals surface area contributed by atoms with Crippen LogP contribution in [0.25, 0.3) is 10.9 Å². The Bertz CT molecular complexity index is 480. The van der Waals surface area contributed by atoms with Crippen molar-refractivity contribution in [3.63, 3.8) is 0 Å². The van der Waals surface area contributed by atoms with E-state index >= 15 is 0 Å². The second-order valence-corrected chi connectivity index (χ2v) is 2.91. The van der Waals surface area contributed by atoms with Gasteiger partial charge < -0.3 is 4.74 Å². The SMILES string of the molecule is COc1ccc2ccc(C=O)nc2c1. The quantitative estimate of drug-likeness (QED) is 0.675. The Morgan fingerprint density at radius 1 is 1.29 bits per heavy atom. The summed E-state index contributed by atoms with van der Waals surface area (Å²) < 4.78 is 5.07. The first-order chi connectivity index (χ1) is 6.83. The van der Waals surface area contributed by atoms with E-state index in [0.717, 1.165) is 22.9 Å². The number of aromatic nitrogens is 1. The van der Waals surface area contributed by atoms with Gasteiger partial charge in [0.1, 0.15) is 11.4 Å². The molecule has 0 amide bonds. The summed E-state index contributed by atoms with van der Waals surface area (Å²) in [5, 5.41) is 0.997. The van der Waals surface area contributed by atoms with Crippen molar-refractivity contribution in [1.29, 1.82) is 0 Å². The predicted octanol–water partition coefficient (Wildman–Crippen LogP) is 2.06. The van der Waals surface area contributed by atoms with Gasteiger partial charge in [-0.05, 0) is 18.2 Å². The first kappa shape index (κ1) is 8.69. The molecule has 1 aromatic carbocycles. The van der Waals surface area contributed by atoms with Crippen molar-refractivity contribution in [2.75, 3.05) is 7.11 Å². The fourth-order valence-electron chi connectivity index (χ4n) is 1.31. The number of aldehydes is 1. The minimum Gasteiger partial charge on any atom is -0.497 e. The molecule has 0 fully saturated rings. The molecule has 0 N–H and O–H groups in total. The van der Waals surface area contributed by atoms with Gasteiger partial charge in [-0.3, -0.25) is 4.79 Å². The van der Waals surface area contributed by atoms with Crippen molar-refractivity contribution >= 4 is 17.2 Å².